The fraction of sp³-hybridized carbons (Fsp3) is 0.222. The third kappa shape index (κ3) is 2.53. The SMILES string of the molecule is COc1cc(Cl)c(C(=O)N(C)N)cc1Cl. The molecule has 0 radical (unpaired) electrons. The molecule has 0 bridgehead atoms. The van der Waals surface area contributed by atoms with Gasteiger partial charge in [0.2, 0.25) is 0 Å². The molecule has 0 aliphatic carbocycles. The maximum Gasteiger partial charge on any atom is 0.269 e. The lowest BCUT2D eigenvalue weighted by Gasteiger charge is -2.12. The molecule has 0 saturated carbocycles. The summed E-state index contributed by atoms with van der Waals surface area (Å²) in [6.07, 6.45) is 0. The van der Waals surface area contributed by atoms with E-state index in [4.69, 9.17) is 33.8 Å². The van der Waals surface area contributed by atoms with E-state index in [1.54, 1.807) is 0 Å². The molecule has 0 spiro atoms. The van der Waals surface area contributed by atoms with E-state index in [9.17, 15) is 4.79 Å². The zero-order valence-electron chi connectivity index (χ0n) is 8.25. The molecule has 0 fully saturated rings. The molecule has 6 heteroatoms. The van der Waals surface area contributed by atoms with Gasteiger partial charge >= 0.3 is 0 Å². The summed E-state index contributed by atoms with van der Waals surface area (Å²) in [7, 11) is 2.89. The van der Waals surface area contributed by atoms with Crippen LogP contribution >= 0.6 is 23.2 Å². The smallest absolute Gasteiger partial charge is 0.269 e. The molecular weight excluding hydrogens is 239 g/mol. The van der Waals surface area contributed by atoms with Crippen molar-refractivity contribution < 1.29 is 9.53 Å². The number of carbonyl (C=O) groups is 1. The highest BCUT2D eigenvalue weighted by Gasteiger charge is 2.16. The van der Waals surface area contributed by atoms with E-state index in [1.165, 1.54) is 26.3 Å². The number of amides is 1. The molecule has 0 unspecified atom stereocenters. The van der Waals surface area contributed by atoms with Crippen LogP contribution in [0.25, 0.3) is 0 Å². The molecule has 1 aromatic carbocycles. The van der Waals surface area contributed by atoms with Crippen LogP contribution in [0.3, 0.4) is 0 Å². The largest absolute Gasteiger partial charge is 0.495 e. The highest BCUT2D eigenvalue weighted by molar-refractivity contribution is 6.36. The zero-order chi connectivity index (χ0) is 11.6. The van der Waals surface area contributed by atoms with E-state index < -0.39 is 5.91 Å². The highest BCUT2D eigenvalue weighted by atomic mass is 35.5. The van der Waals surface area contributed by atoms with Crippen molar-refractivity contribution in [3.05, 3.63) is 27.7 Å². The first-order valence-corrected chi connectivity index (χ1v) is 4.78. The summed E-state index contributed by atoms with van der Waals surface area (Å²) < 4.78 is 4.95. The van der Waals surface area contributed by atoms with Gasteiger partial charge < -0.3 is 4.74 Å². The predicted octanol–water partition coefficient (Wildman–Crippen LogP) is 1.95. The van der Waals surface area contributed by atoms with Gasteiger partial charge in [-0.05, 0) is 6.07 Å². The van der Waals surface area contributed by atoms with Crippen molar-refractivity contribution >= 4 is 29.1 Å². The molecule has 0 aliphatic heterocycles. The van der Waals surface area contributed by atoms with Crippen molar-refractivity contribution in [1.82, 2.24) is 5.01 Å². The number of nitrogens with two attached hydrogens (primary N) is 1. The first-order chi connectivity index (χ1) is 6.97. The third-order valence-corrected chi connectivity index (χ3v) is 2.40. The van der Waals surface area contributed by atoms with Crippen LogP contribution in [0.15, 0.2) is 12.1 Å². The summed E-state index contributed by atoms with van der Waals surface area (Å²) in [5.74, 6) is 5.31. The Balaban J connectivity index is 3.22. The number of hydrogen-bond acceptors (Lipinski definition) is 3. The Labute approximate surface area is 97.5 Å². The predicted molar refractivity (Wildman–Crippen MR) is 59.3 cm³/mol. The van der Waals surface area contributed by atoms with Crippen LogP contribution in [0.2, 0.25) is 10.0 Å². The Morgan fingerprint density at radius 1 is 1.40 bits per heavy atom. The molecule has 15 heavy (non-hydrogen) atoms. The highest BCUT2D eigenvalue weighted by Crippen LogP contribution is 2.31. The van der Waals surface area contributed by atoms with Crippen molar-refractivity contribution in [2.45, 2.75) is 0 Å². The van der Waals surface area contributed by atoms with Gasteiger partial charge in [0.25, 0.3) is 5.91 Å². The van der Waals surface area contributed by atoms with Gasteiger partial charge in [-0.3, -0.25) is 9.80 Å². The number of methoxy groups -OCH3 is 1. The van der Waals surface area contributed by atoms with Crippen molar-refractivity contribution in [3.8, 4) is 5.75 Å². The number of benzene rings is 1. The molecule has 0 aromatic heterocycles. The quantitative estimate of drug-likeness (QED) is 0.495. The van der Waals surface area contributed by atoms with E-state index >= 15 is 0 Å². The standard InChI is InChI=1S/C9H10Cl2N2O2/c1-13(12)9(14)5-3-7(11)8(15-2)4-6(5)10/h3-4H,12H2,1-2H3. The number of ether oxygens (including phenoxy) is 1. The van der Waals surface area contributed by atoms with Gasteiger partial charge in [0.1, 0.15) is 5.75 Å². The van der Waals surface area contributed by atoms with Crippen LogP contribution in [0, 0.1) is 0 Å². The van der Waals surface area contributed by atoms with E-state index in [0.29, 0.717) is 10.8 Å². The molecule has 4 nitrogen and oxygen atoms in total. The first-order valence-electron chi connectivity index (χ1n) is 4.03. The van der Waals surface area contributed by atoms with Crippen LogP contribution in [0.5, 0.6) is 5.75 Å². The Hall–Kier alpha value is -0.970. The maximum absolute atomic E-state index is 11.5. The zero-order valence-corrected chi connectivity index (χ0v) is 9.76. The number of hydrazine groups is 1. The van der Waals surface area contributed by atoms with Gasteiger partial charge in [-0.1, -0.05) is 23.2 Å². The number of halogens is 2. The summed E-state index contributed by atoms with van der Waals surface area (Å²) in [4.78, 5) is 11.5. The lowest BCUT2D eigenvalue weighted by atomic mass is 10.2. The molecule has 0 atom stereocenters. The van der Waals surface area contributed by atoms with Gasteiger partial charge in [-0.2, -0.15) is 0 Å². The van der Waals surface area contributed by atoms with Crippen molar-refractivity contribution in [2.75, 3.05) is 14.2 Å². The van der Waals surface area contributed by atoms with E-state index in [-0.39, 0.29) is 10.6 Å². The topological polar surface area (TPSA) is 55.6 Å². The second kappa shape index (κ2) is 4.70. The van der Waals surface area contributed by atoms with Crippen LogP contribution in [0.1, 0.15) is 10.4 Å². The molecule has 1 amide bonds. The normalized spacial score (nSPS) is 9.93. The molecule has 0 heterocycles. The molecule has 1 aromatic rings. The summed E-state index contributed by atoms with van der Waals surface area (Å²) in [6.45, 7) is 0. The Morgan fingerprint density at radius 2 is 2.00 bits per heavy atom. The Kier molecular flexibility index (Phi) is 3.79. The van der Waals surface area contributed by atoms with Crippen LogP contribution in [-0.2, 0) is 0 Å². The van der Waals surface area contributed by atoms with Crippen molar-refractivity contribution in [3.63, 3.8) is 0 Å². The van der Waals surface area contributed by atoms with Crippen LogP contribution in [0.4, 0.5) is 0 Å². The van der Waals surface area contributed by atoms with E-state index in [0.717, 1.165) is 5.01 Å². The fourth-order valence-corrected chi connectivity index (χ4v) is 1.51. The lowest BCUT2D eigenvalue weighted by Crippen LogP contribution is -2.33. The summed E-state index contributed by atoms with van der Waals surface area (Å²) in [5.41, 5.74) is 0.243. The molecule has 82 valence electrons. The maximum atomic E-state index is 11.5. The number of nitrogens with zero attached hydrogens (tertiary/aromatic N) is 1. The van der Waals surface area contributed by atoms with Gasteiger partial charge in [0.15, 0.2) is 0 Å². The number of carbonyl (C=O) groups excluding carboxylic acids is 1. The Bertz CT molecular complexity index is 394. The minimum atomic E-state index is -0.412. The summed E-state index contributed by atoms with van der Waals surface area (Å²) in [5, 5.41) is 1.50. The molecule has 2 N–H and O–H groups in total. The minimum Gasteiger partial charge on any atom is -0.495 e. The second-order valence-corrected chi connectivity index (χ2v) is 3.70. The summed E-state index contributed by atoms with van der Waals surface area (Å²) >= 11 is 11.7. The third-order valence-electron chi connectivity index (χ3n) is 1.79. The van der Waals surface area contributed by atoms with Crippen LogP contribution in [-0.4, -0.2) is 25.1 Å². The van der Waals surface area contributed by atoms with Gasteiger partial charge in [-0.15, -0.1) is 0 Å². The van der Waals surface area contributed by atoms with Crippen molar-refractivity contribution in [2.24, 2.45) is 5.84 Å². The second-order valence-electron chi connectivity index (χ2n) is 2.88. The number of hydrogen-bond donors (Lipinski definition) is 1. The molecular formula is C9H10Cl2N2O2. The van der Waals surface area contributed by atoms with E-state index in [1.807, 2.05) is 0 Å². The summed E-state index contributed by atoms with van der Waals surface area (Å²) in [6, 6.07) is 2.90. The van der Waals surface area contributed by atoms with Gasteiger partial charge in [0, 0.05) is 13.1 Å². The average molecular weight is 249 g/mol. The van der Waals surface area contributed by atoms with Gasteiger partial charge in [0.05, 0.1) is 22.7 Å². The lowest BCUT2D eigenvalue weighted by molar-refractivity contribution is 0.0795. The average Bonchev–Trinajstić information content (AvgIpc) is 2.19. The first kappa shape index (κ1) is 12.1. The van der Waals surface area contributed by atoms with E-state index in [2.05, 4.69) is 0 Å². The molecule has 1 rings (SSSR count). The Morgan fingerprint density at radius 3 is 2.47 bits per heavy atom. The van der Waals surface area contributed by atoms with Gasteiger partial charge in [-0.25, -0.2) is 5.84 Å². The van der Waals surface area contributed by atoms with Crippen LogP contribution < -0.4 is 10.6 Å². The minimum absolute atomic E-state index is 0.243. The molecule has 0 saturated heterocycles. The fourth-order valence-electron chi connectivity index (χ4n) is 1.04. The monoisotopic (exact) mass is 248 g/mol. The van der Waals surface area contributed by atoms with Crippen molar-refractivity contribution in [1.29, 1.82) is 0 Å². The number of rotatable bonds is 2. The molecule has 0 aliphatic rings.